The van der Waals surface area contributed by atoms with Crippen molar-refractivity contribution in [3.05, 3.63) is 53.1 Å². The molecule has 0 saturated heterocycles. The van der Waals surface area contributed by atoms with Crippen LogP contribution in [0.3, 0.4) is 0 Å². The van der Waals surface area contributed by atoms with Crippen molar-refractivity contribution in [2.45, 2.75) is 49.0 Å². The summed E-state index contributed by atoms with van der Waals surface area (Å²) in [6.07, 6.45) is 8.05. The molecule has 0 N–H and O–H groups in total. The van der Waals surface area contributed by atoms with Gasteiger partial charge in [-0.15, -0.1) is 0 Å². The fourth-order valence-electron chi connectivity index (χ4n) is 3.63. The molecular formula is C18H23SiTi. The van der Waals surface area contributed by atoms with Crippen LogP contribution >= 0.6 is 0 Å². The number of rotatable bonds is 3. The summed E-state index contributed by atoms with van der Waals surface area (Å²) in [5.41, 5.74) is 5.18. The van der Waals surface area contributed by atoms with Crippen LogP contribution in [0.25, 0.3) is 0 Å². The van der Waals surface area contributed by atoms with E-state index in [1.165, 1.54) is 31.7 Å². The summed E-state index contributed by atoms with van der Waals surface area (Å²) >= 11 is 2.44. The van der Waals surface area contributed by atoms with Crippen LogP contribution in [0.1, 0.15) is 25.7 Å². The van der Waals surface area contributed by atoms with Gasteiger partial charge in [-0.05, 0) is 0 Å². The number of allylic oxidation sites excluding steroid dienone is 4. The summed E-state index contributed by atoms with van der Waals surface area (Å²) in [5, 5.41) is 1.60. The molecule has 1 aromatic carbocycles. The Balaban J connectivity index is 1.79. The predicted octanol–water partition coefficient (Wildman–Crippen LogP) is 4.75. The van der Waals surface area contributed by atoms with Crippen molar-refractivity contribution < 1.29 is 20.4 Å². The molecule has 0 aliphatic heterocycles. The predicted molar refractivity (Wildman–Crippen MR) is 85.7 cm³/mol. The van der Waals surface area contributed by atoms with E-state index < -0.39 is 8.07 Å². The van der Waals surface area contributed by atoms with Crippen molar-refractivity contribution in [3.63, 3.8) is 0 Å². The maximum absolute atomic E-state index is 2.57. The summed E-state index contributed by atoms with van der Waals surface area (Å²) in [5.74, 6) is 0. The maximum atomic E-state index is 2.57. The molecule has 1 atom stereocenters. The summed E-state index contributed by atoms with van der Waals surface area (Å²) in [4.78, 5) is 0. The van der Waals surface area contributed by atoms with Gasteiger partial charge in [-0.3, -0.25) is 0 Å². The average Bonchev–Trinajstić information content (AvgIpc) is 2.76. The Morgan fingerprint density at radius 2 is 1.80 bits per heavy atom. The molecule has 0 spiro atoms. The van der Waals surface area contributed by atoms with Gasteiger partial charge in [0.05, 0.1) is 0 Å². The van der Waals surface area contributed by atoms with E-state index in [-0.39, 0.29) is 0 Å². The summed E-state index contributed by atoms with van der Waals surface area (Å²) < 4.78 is 0.723. The van der Waals surface area contributed by atoms with Gasteiger partial charge in [0.1, 0.15) is 0 Å². The average molecular weight is 315 g/mol. The van der Waals surface area contributed by atoms with Gasteiger partial charge >= 0.3 is 136 Å². The van der Waals surface area contributed by atoms with Gasteiger partial charge in [0, 0.05) is 0 Å². The van der Waals surface area contributed by atoms with Gasteiger partial charge in [-0.1, -0.05) is 0 Å². The van der Waals surface area contributed by atoms with Crippen molar-refractivity contribution in [2.24, 2.45) is 0 Å². The van der Waals surface area contributed by atoms with Gasteiger partial charge in [-0.25, -0.2) is 0 Å². The zero-order valence-electron chi connectivity index (χ0n) is 12.6. The second kappa shape index (κ2) is 5.79. The zero-order valence-corrected chi connectivity index (χ0v) is 15.1. The Morgan fingerprint density at radius 1 is 1.10 bits per heavy atom. The van der Waals surface area contributed by atoms with E-state index in [0.29, 0.717) is 0 Å². The molecule has 0 bridgehead atoms. The molecule has 103 valence electrons. The normalized spacial score (nSPS) is 22.6. The van der Waals surface area contributed by atoms with Crippen molar-refractivity contribution in [2.75, 3.05) is 0 Å². The standard InChI is InChI=1S/C18H23Si.Ti/c1-19(2,18-10-4-3-5-11-18)14-15-12-16-8-6-7-9-17(16)13-15;/h3-5,10-13H,6-9,14H2,1-2H3;. The molecule has 0 aromatic heterocycles. The molecule has 0 heterocycles. The van der Waals surface area contributed by atoms with Gasteiger partial charge in [0.2, 0.25) is 0 Å². The Bertz CT molecular complexity index is 554. The summed E-state index contributed by atoms with van der Waals surface area (Å²) in [6, 6.07) is 12.5. The fraction of sp³-hybridized carbons (Fsp3) is 0.444. The summed E-state index contributed by atoms with van der Waals surface area (Å²) in [7, 11) is -1.35. The van der Waals surface area contributed by atoms with Crippen LogP contribution in [0.2, 0.25) is 23.4 Å². The van der Waals surface area contributed by atoms with E-state index in [9.17, 15) is 0 Å². The number of hydrogen-bond acceptors (Lipinski definition) is 0. The molecule has 3 rings (SSSR count). The molecule has 2 aliphatic rings. The van der Waals surface area contributed by atoms with E-state index in [2.05, 4.69) is 69.9 Å². The zero-order chi connectivity index (χ0) is 14.2. The van der Waals surface area contributed by atoms with Gasteiger partial charge < -0.3 is 0 Å². The molecular weight excluding hydrogens is 292 g/mol. The van der Waals surface area contributed by atoms with Crippen molar-refractivity contribution in [3.8, 4) is 0 Å². The molecule has 20 heavy (non-hydrogen) atoms. The second-order valence-corrected chi connectivity index (χ2v) is 12.4. The quantitative estimate of drug-likeness (QED) is 0.706. The first-order valence-corrected chi connectivity index (χ1v) is 11.9. The first kappa shape index (κ1) is 14.6. The molecule has 2 aliphatic carbocycles. The van der Waals surface area contributed by atoms with Crippen LogP contribution < -0.4 is 5.19 Å². The Labute approximate surface area is 135 Å². The molecule has 2 heteroatoms. The van der Waals surface area contributed by atoms with Crippen LogP contribution in [0.4, 0.5) is 0 Å². The van der Waals surface area contributed by atoms with E-state index >= 15 is 0 Å². The van der Waals surface area contributed by atoms with Crippen LogP contribution in [-0.2, 0) is 20.4 Å². The molecule has 0 saturated carbocycles. The Hall–Kier alpha value is -0.369. The van der Waals surface area contributed by atoms with Crippen LogP contribution in [0, 0.1) is 0 Å². The molecule has 0 nitrogen and oxygen atoms in total. The third-order valence-corrected chi connectivity index (χ3v) is 9.15. The Kier molecular flexibility index (Phi) is 4.22. The summed E-state index contributed by atoms with van der Waals surface area (Å²) in [6.45, 7) is 5.04. The van der Waals surface area contributed by atoms with Gasteiger partial charge in [0.15, 0.2) is 0 Å². The van der Waals surface area contributed by atoms with E-state index in [0.717, 1.165) is 4.22 Å². The van der Waals surface area contributed by atoms with Crippen molar-refractivity contribution >= 4 is 13.3 Å². The molecule has 0 amide bonds. The molecule has 1 aromatic rings. The van der Waals surface area contributed by atoms with E-state index in [1.807, 2.05) is 0 Å². The van der Waals surface area contributed by atoms with Crippen LogP contribution in [0.15, 0.2) is 53.1 Å². The van der Waals surface area contributed by atoms with E-state index in [4.69, 9.17) is 0 Å². The third kappa shape index (κ3) is 2.81. The second-order valence-electron chi connectivity index (χ2n) is 6.84. The van der Waals surface area contributed by atoms with Crippen molar-refractivity contribution in [1.29, 1.82) is 0 Å². The molecule has 0 fully saturated rings. The number of benzene rings is 1. The monoisotopic (exact) mass is 315 g/mol. The first-order valence-electron chi connectivity index (χ1n) is 7.77. The van der Waals surface area contributed by atoms with Gasteiger partial charge in [0.25, 0.3) is 0 Å². The molecule has 0 radical (unpaired) electrons. The first-order chi connectivity index (χ1) is 9.58. The van der Waals surface area contributed by atoms with Gasteiger partial charge in [-0.2, -0.15) is 0 Å². The van der Waals surface area contributed by atoms with Crippen LogP contribution in [0.5, 0.6) is 0 Å². The fourth-order valence-corrected chi connectivity index (χ4v) is 7.38. The SMILES string of the molecule is C[Si](C)(CC1=CC2=C(CCCC2)[CH]1[Ti])c1ccccc1. The van der Waals surface area contributed by atoms with Crippen molar-refractivity contribution in [1.82, 2.24) is 0 Å². The number of hydrogen-bond donors (Lipinski definition) is 0. The third-order valence-electron chi connectivity index (χ3n) is 4.83. The molecule has 1 unspecified atom stereocenters. The van der Waals surface area contributed by atoms with E-state index in [1.54, 1.807) is 21.9 Å². The minimum absolute atomic E-state index is 0.723. The topological polar surface area (TPSA) is 0 Å². The minimum atomic E-state index is -1.35. The van der Waals surface area contributed by atoms with Crippen LogP contribution in [-0.4, -0.2) is 8.07 Å². The Morgan fingerprint density at radius 3 is 2.50 bits per heavy atom.